The van der Waals surface area contributed by atoms with Gasteiger partial charge in [-0.3, -0.25) is 0 Å². The number of hydrogen-bond donors (Lipinski definition) is 1. The third-order valence-electron chi connectivity index (χ3n) is 3.02. The normalized spacial score (nSPS) is 18.4. The second-order valence-corrected chi connectivity index (χ2v) is 6.63. The number of benzene rings is 1. The minimum atomic E-state index is -3.21. The van der Waals surface area contributed by atoms with Gasteiger partial charge in [-0.15, -0.1) is 0 Å². The van der Waals surface area contributed by atoms with E-state index < -0.39 is 9.84 Å². The largest absolute Gasteiger partial charge is 0.327 e. The summed E-state index contributed by atoms with van der Waals surface area (Å²) < 4.78 is 24.0. The first kappa shape index (κ1) is 11.6. The van der Waals surface area contributed by atoms with Crippen LogP contribution < -0.4 is 5.73 Å². The summed E-state index contributed by atoms with van der Waals surface area (Å²) in [5.74, 6) is 0.487. The molecule has 1 aliphatic rings. The molecule has 0 saturated heterocycles. The topological polar surface area (TPSA) is 60.2 Å². The van der Waals surface area contributed by atoms with Gasteiger partial charge in [0.15, 0.2) is 9.84 Å². The van der Waals surface area contributed by atoms with Crippen molar-refractivity contribution in [2.45, 2.75) is 30.7 Å². The Labute approximate surface area is 96.6 Å². The molecule has 3 nitrogen and oxygen atoms in total. The van der Waals surface area contributed by atoms with Crippen LogP contribution in [0.3, 0.4) is 0 Å². The Bertz CT molecular complexity index is 460. The van der Waals surface area contributed by atoms with Crippen LogP contribution in [0.2, 0.25) is 0 Å². The van der Waals surface area contributed by atoms with Crippen LogP contribution in [-0.2, 0) is 9.84 Å². The zero-order valence-electron chi connectivity index (χ0n) is 9.39. The van der Waals surface area contributed by atoms with E-state index in [4.69, 9.17) is 5.73 Å². The summed E-state index contributed by atoms with van der Waals surface area (Å²) in [6, 6.07) is 6.74. The number of sulfone groups is 1. The van der Waals surface area contributed by atoms with Gasteiger partial charge in [0.2, 0.25) is 0 Å². The molecule has 0 aliphatic heterocycles. The second kappa shape index (κ2) is 4.18. The summed E-state index contributed by atoms with van der Waals surface area (Å²) in [5, 5.41) is 0. The molecule has 0 radical (unpaired) electrons. The van der Waals surface area contributed by atoms with Crippen molar-refractivity contribution in [2.24, 2.45) is 11.7 Å². The highest BCUT2D eigenvalue weighted by atomic mass is 32.2. The van der Waals surface area contributed by atoms with Crippen LogP contribution in [0.1, 0.15) is 18.4 Å². The molecular formula is C12H17NO2S. The quantitative estimate of drug-likeness (QED) is 0.866. The molecule has 1 aromatic carbocycles. The SMILES string of the molecule is Cc1ccc(S(=O)(=O)CC(N)C2CC2)cc1. The standard InChI is InChI=1S/C12H17NO2S/c1-9-2-6-11(7-3-9)16(14,15)8-12(13)10-4-5-10/h2-3,6-7,10,12H,4-5,8,13H2,1H3. The smallest absolute Gasteiger partial charge is 0.179 e. The van der Waals surface area contributed by atoms with Gasteiger partial charge in [0.1, 0.15) is 0 Å². The Morgan fingerprint density at radius 1 is 1.31 bits per heavy atom. The monoisotopic (exact) mass is 239 g/mol. The van der Waals surface area contributed by atoms with E-state index >= 15 is 0 Å². The van der Waals surface area contributed by atoms with E-state index in [-0.39, 0.29) is 11.8 Å². The molecule has 1 fully saturated rings. The lowest BCUT2D eigenvalue weighted by Crippen LogP contribution is -2.31. The van der Waals surface area contributed by atoms with Crippen LogP contribution in [-0.4, -0.2) is 20.2 Å². The van der Waals surface area contributed by atoms with Crippen LogP contribution in [0, 0.1) is 12.8 Å². The molecule has 0 spiro atoms. The minimum absolute atomic E-state index is 0.0702. The third kappa shape index (κ3) is 2.62. The van der Waals surface area contributed by atoms with E-state index in [1.165, 1.54) is 0 Å². The Kier molecular flexibility index (Phi) is 3.04. The lowest BCUT2D eigenvalue weighted by Gasteiger charge is -2.11. The molecule has 16 heavy (non-hydrogen) atoms. The maximum Gasteiger partial charge on any atom is 0.179 e. The van der Waals surface area contributed by atoms with Crippen LogP contribution in [0.5, 0.6) is 0 Å². The Hall–Kier alpha value is -0.870. The molecule has 0 amide bonds. The molecule has 0 bridgehead atoms. The summed E-state index contributed by atoms with van der Waals surface area (Å²) >= 11 is 0. The van der Waals surface area contributed by atoms with Crippen LogP contribution in [0.25, 0.3) is 0 Å². The fraction of sp³-hybridized carbons (Fsp3) is 0.500. The highest BCUT2D eigenvalue weighted by Crippen LogP contribution is 2.32. The number of rotatable bonds is 4. The average molecular weight is 239 g/mol. The van der Waals surface area contributed by atoms with Gasteiger partial charge in [-0.05, 0) is 37.8 Å². The van der Waals surface area contributed by atoms with Crippen LogP contribution in [0.15, 0.2) is 29.2 Å². The molecular weight excluding hydrogens is 222 g/mol. The van der Waals surface area contributed by atoms with Crippen LogP contribution >= 0.6 is 0 Å². The fourth-order valence-electron chi connectivity index (χ4n) is 1.76. The fourth-order valence-corrected chi connectivity index (χ4v) is 3.28. The van der Waals surface area contributed by atoms with E-state index in [9.17, 15) is 8.42 Å². The average Bonchev–Trinajstić information content (AvgIpc) is 3.00. The molecule has 4 heteroatoms. The molecule has 88 valence electrons. The number of nitrogens with two attached hydrogens (primary N) is 1. The van der Waals surface area contributed by atoms with Crippen molar-refractivity contribution in [3.8, 4) is 0 Å². The van der Waals surface area contributed by atoms with Gasteiger partial charge in [-0.2, -0.15) is 0 Å². The molecule has 1 aliphatic carbocycles. The van der Waals surface area contributed by atoms with Crippen molar-refractivity contribution in [3.05, 3.63) is 29.8 Å². The van der Waals surface area contributed by atoms with E-state index in [0.717, 1.165) is 18.4 Å². The zero-order chi connectivity index (χ0) is 11.8. The Balaban J connectivity index is 2.14. The molecule has 1 aromatic rings. The van der Waals surface area contributed by atoms with Crippen molar-refractivity contribution in [2.75, 3.05) is 5.75 Å². The first-order chi connectivity index (χ1) is 7.49. The van der Waals surface area contributed by atoms with Crippen molar-refractivity contribution in [1.29, 1.82) is 0 Å². The molecule has 2 rings (SSSR count). The number of hydrogen-bond acceptors (Lipinski definition) is 3. The first-order valence-corrected chi connectivity index (χ1v) is 7.19. The Morgan fingerprint density at radius 2 is 1.88 bits per heavy atom. The zero-order valence-corrected chi connectivity index (χ0v) is 10.2. The van der Waals surface area contributed by atoms with Crippen molar-refractivity contribution in [1.82, 2.24) is 0 Å². The van der Waals surface area contributed by atoms with Crippen molar-refractivity contribution in [3.63, 3.8) is 0 Å². The van der Waals surface area contributed by atoms with Gasteiger partial charge in [0.05, 0.1) is 10.6 Å². The Morgan fingerprint density at radius 3 is 2.38 bits per heavy atom. The van der Waals surface area contributed by atoms with Gasteiger partial charge >= 0.3 is 0 Å². The molecule has 1 unspecified atom stereocenters. The van der Waals surface area contributed by atoms with Gasteiger partial charge in [-0.25, -0.2) is 8.42 Å². The molecule has 1 atom stereocenters. The van der Waals surface area contributed by atoms with Gasteiger partial charge < -0.3 is 5.73 Å². The third-order valence-corrected chi connectivity index (χ3v) is 4.83. The summed E-state index contributed by atoms with van der Waals surface area (Å²) in [6.07, 6.45) is 2.15. The summed E-state index contributed by atoms with van der Waals surface area (Å²) in [4.78, 5) is 0.384. The highest BCUT2D eigenvalue weighted by Gasteiger charge is 2.32. The summed E-state index contributed by atoms with van der Waals surface area (Å²) in [6.45, 7) is 1.94. The maximum absolute atomic E-state index is 12.0. The lowest BCUT2D eigenvalue weighted by molar-refractivity contribution is 0.574. The predicted molar refractivity (Wildman–Crippen MR) is 63.9 cm³/mol. The molecule has 0 heterocycles. The molecule has 2 N–H and O–H groups in total. The van der Waals surface area contributed by atoms with Gasteiger partial charge in [0.25, 0.3) is 0 Å². The number of aryl methyl sites for hydroxylation is 1. The maximum atomic E-state index is 12.0. The highest BCUT2D eigenvalue weighted by molar-refractivity contribution is 7.91. The van der Waals surface area contributed by atoms with E-state index in [0.29, 0.717) is 10.8 Å². The van der Waals surface area contributed by atoms with E-state index in [1.54, 1.807) is 12.1 Å². The lowest BCUT2D eigenvalue weighted by atomic mass is 10.2. The van der Waals surface area contributed by atoms with Crippen molar-refractivity contribution >= 4 is 9.84 Å². The minimum Gasteiger partial charge on any atom is -0.327 e. The predicted octanol–water partition coefficient (Wildman–Crippen LogP) is 1.51. The van der Waals surface area contributed by atoms with Gasteiger partial charge in [-0.1, -0.05) is 17.7 Å². The molecule has 0 aromatic heterocycles. The van der Waals surface area contributed by atoms with E-state index in [2.05, 4.69) is 0 Å². The van der Waals surface area contributed by atoms with E-state index in [1.807, 2.05) is 19.1 Å². The first-order valence-electron chi connectivity index (χ1n) is 5.54. The van der Waals surface area contributed by atoms with Crippen LogP contribution in [0.4, 0.5) is 0 Å². The molecule has 1 saturated carbocycles. The summed E-state index contributed by atoms with van der Waals surface area (Å²) in [5.41, 5.74) is 6.91. The second-order valence-electron chi connectivity index (χ2n) is 4.60. The van der Waals surface area contributed by atoms with Crippen molar-refractivity contribution < 1.29 is 8.42 Å². The van der Waals surface area contributed by atoms with Gasteiger partial charge in [0, 0.05) is 6.04 Å². The summed E-state index contributed by atoms with van der Waals surface area (Å²) in [7, 11) is -3.21.